The van der Waals surface area contributed by atoms with Crippen molar-refractivity contribution >= 4 is 38.8 Å². The van der Waals surface area contributed by atoms with Crippen molar-refractivity contribution in [2.75, 3.05) is 4.72 Å². The number of hydrogen-bond donors (Lipinski definition) is 1. The number of nitrogens with zero attached hydrogens (tertiary/aromatic N) is 2. The molecule has 6 rings (SSSR count). The van der Waals surface area contributed by atoms with Crippen LogP contribution >= 0.6 is 22.9 Å². The predicted octanol–water partition coefficient (Wildman–Crippen LogP) is 4.32. The fourth-order valence-electron chi connectivity index (χ4n) is 5.62. The zero-order valence-corrected chi connectivity index (χ0v) is 16.1. The lowest BCUT2D eigenvalue weighted by Crippen LogP contribution is -2.52. The second-order valence-corrected chi connectivity index (χ2v) is 11.6. The Morgan fingerprint density at radius 3 is 2.32 bits per heavy atom. The molecule has 0 aliphatic heterocycles. The van der Waals surface area contributed by atoms with Crippen LogP contribution in [0.1, 0.15) is 38.5 Å². The molecule has 8 heteroatoms. The van der Waals surface area contributed by atoms with Crippen LogP contribution in [0.2, 0.25) is 4.34 Å². The minimum absolute atomic E-state index is 0.102. The van der Waals surface area contributed by atoms with Gasteiger partial charge in [-0.05, 0) is 68.4 Å². The molecular formula is C17H20ClN3O2S2. The molecule has 4 bridgehead atoms. The molecule has 0 saturated heterocycles. The number of rotatable bonds is 4. The maximum atomic E-state index is 12.5. The van der Waals surface area contributed by atoms with Crippen LogP contribution in [0.15, 0.2) is 28.6 Å². The monoisotopic (exact) mass is 397 g/mol. The van der Waals surface area contributed by atoms with E-state index in [4.69, 9.17) is 11.6 Å². The summed E-state index contributed by atoms with van der Waals surface area (Å²) in [5.74, 6) is 2.86. The molecule has 2 aromatic rings. The summed E-state index contributed by atoms with van der Waals surface area (Å²) in [5, 5.41) is 4.62. The first-order valence-electron chi connectivity index (χ1n) is 8.76. The molecule has 2 heterocycles. The van der Waals surface area contributed by atoms with Crippen molar-refractivity contribution in [3.05, 3.63) is 28.7 Å². The summed E-state index contributed by atoms with van der Waals surface area (Å²) < 4.78 is 30.2. The average molecular weight is 398 g/mol. The van der Waals surface area contributed by atoms with E-state index in [0.717, 1.165) is 29.1 Å². The molecule has 4 fully saturated rings. The van der Waals surface area contributed by atoms with Gasteiger partial charge in [0.25, 0.3) is 10.0 Å². The van der Waals surface area contributed by atoms with E-state index >= 15 is 0 Å². The van der Waals surface area contributed by atoms with E-state index in [1.165, 1.54) is 44.6 Å². The van der Waals surface area contributed by atoms with E-state index in [-0.39, 0.29) is 9.75 Å². The van der Waals surface area contributed by atoms with Crippen molar-refractivity contribution in [2.45, 2.75) is 48.3 Å². The number of thiophene rings is 1. The summed E-state index contributed by atoms with van der Waals surface area (Å²) in [4.78, 5) is 0. The van der Waals surface area contributed by atoms with E-state index in [1.807, 2.05) is 6.20 Å². The lowest BCUT2D eigenvalue weighted by Gasteiger charge is -2.56. The first-order chi connectivity index (χ1) is 11.9. The van der Waals surface area contributed by atoms with Gasteiger partial charge in [0.05, 0.1) is 9.88 Å². The van der Waals surface area contributed by atoms with E-state index in [2.05, 4.69) is 14.5 Å². The Morgan fingerprint density at radius 1 is 1.12 bits per heavy atom. The summed E-state index contributed by atoms with van der Waals surface area (Å²) in [5.41, 5.74) is 0.102. The molecule has 0 spiro atoms. The van der Waals surface area contributed by atoms with Gasteiger partial charge < -0.3 is 0 Å². The van der Waals surface area contributed by atoms with Crippen molar-refractivity contribution in [2.24, 2.45) is 17.8 Å². The van der Waals surface area contributed by atoms with E-state index in [0.29, 0.717) is 10.2 Å². The topological polar surface area (TPSA) is 64.0 Å². The van der Waals surface area contributed by atoms with Gasteiger partial charge >= 0.3 is 0 Å². The molecule has 0 aromatic carbocycles. The quantitative estimate of drug-likeness (QED) is 0.835. The molecule has 0 amide bonds. The van der Waals surface area contributed by atoms with Crippen LogP contribution in [0.5, 0.6) is 0 Å². The molecule has 0 unspecified atom stereocenters. The van der Waals surface area contributed by atoms with Crippen LogP contribution in [0, 0.1) is 17.8 Å². The largest absolute Gasteiger partial charge is 0.272 e. The highest BCUT2D eigenvalue weighted by Gasteiger charge is 2.52. The fraction of sp³-hybridized carbons (Fsp3) is 0.588. The molecule has 134 valence electrons. The van der Waals surface area contributed by atoms with Gasteiger partial charge in [-0.3, -0.25) is 9.40 Å². The minimum atomic E-state index is -3.63. The Hall–Kier alpha value is -1.05. The maximum Gasteiger partial charge on any atom is 0.272 e. The summed E-state index contributed by atoms with van der Waals surface area (Å²) in [6.45, 7) is 0. The number of sulfonamides is 1. The zero-order chi connectivity index (χ0) is 17.2. The number of halogens is 1. The molecule has 2 aromatic heterocycles. The lowest BCUT2D eigenvalue weighted by atomic mass is 9.53. The molecular weight excluding hydrogens is 378 g/mol. The van der Waals surface area contributed by atoms with Crippen LogP contribution in [-0.4, -0.2) is 18.2 Å². The summed E-state index contributed by atoms with van der Waals surface area (Å²) in [6, 6.07) is 4.88. The van der Waals surface area contributed by atoms with Crippen LogP contribution in [0.3, 0.4) is 0 Å². The van der Waals surface area contributed by atoms with E-state index in [1.54, 1.807) is 12.1 Å². The highest BCUT2D eigenvalue weighted by atomic mass is 35.5. The number of aromatic nitrogens is 2. The summed E-state index contributed by atoms with van der Waals surface area (Å²) >= 11 is 6.91. The molecule has 5 nitrogen and oxygen atoms in total. The van der Waals surface area contributed by atoms with Gasteiger partial charge in [0.15, 0.2) is 5.82 Å². The Balaban J connectivity index is 1.41. The summed E-state index contributed by atoms with van der Waals surface area (Å²) in [6.07, 6.45) is 9.64. The van der Waals surface area contributed by atoms with E-state index < -0.39 is 10.0 Å². The second kappa shape index (κ2) is 5.47. The van der Waals surface area contributed by atoms with Crippen molar-refractivity contribution in [3.63, 3.8) is 0 Å². The Bertz CT molecular complexity index is 883. The number of anilines is 1. The van der Waals surface area contributed by atoms with Crippen LogP contribution in [0.4, 0.5) is 5.82 Å². The van der Waals surface area contributed by atoms with Crippen molar-refractivity contribution in [1.29, 1.82) is 0 Å². The normalized spacial score (nSPS) is 33.7. The Morgan fingerprint density at radius 2 is 1.76 bits per heavy atom. The highest BCUT2D eigenvalue weighted by Crippen LogP contribution is 2.58. The van der Waals surface area contributed by atoms with Gasteiger partial charge in [0.2, 0.25) is 0 Å². The molecule has 4 aliphatic rings. The smallest absolute Gasteiger partial charge is 0.264 e. The standard InChI is InChI=1S/C17H20ClN3O2S2/c18-14-1-2-16(24-14)25(22,23)20-15-3-4-21(19-15)17-8-11-5-12(9-17)7-13(6-11)10-17/h1-4,11-13H,5-10H2,(H,19,20). The first-order valence-corrected chi connectivity index (χ1v) is 11.4. The Kier molecular flexibility index (Phi) is 3.53. The molecule has 25 heavy (non-hydrogen) atoms. The third-order valence-electron chi connectivity index (χ3n) is 6.13. The number of hydrogen-bond acceptors (Lipinski definition) is 4. The van der Waals surface area contributed by atoms with Gasteiger partial charge in [-0.15, -0.1) is 11.3 Å². The van der Waals surface area contributed by atoms with Crippen molar-refractivity contribution in [3.8, 4) is 0 Å². The van der Waals surface area contributed by atoms with Gasteiger partial charge in [-0.2, -0.15) is 5.10 Å². The average Bonchev–Trinajstić information content (AvgIpc) is 3.15. The van der Waals surface area contributed by atoms with Gasteiger partial charge in [0.1, 0.15) is 4.21 Å². The lowest BCUT2D eigenvalue weighted by molar-refractivity contribution is -0.0492. The molecule has 4 saturated carbocycles. The van der Waals surface area contributed by atoms with Crippen molar-refractivity contribution < 1.29 is 8.42 Å². The van der Waals surface area contributed by atoms with Gasteiger partial charge in [-0.1, -0.05) is 11.6 Å². The molecule has 4 aliphatic carbocycles. The van der Waals surface area contributed by atoms with Crippen LogP contribution in [-0.2, 0) is 15.6 Å². The fourth-order valence-corrected chi connectivity index (χ4v) is 8.10. The van der Waals surface area contributed by atoms with Crippen LogP contribution < -0.4 is 4.72 Å². The number of nitrogens with one attached hydrogen (secondary N) is 1. The highest BCUT2D eigenvalue weighted by molar-refractivity contribution is 7.94. The minimum Gasteiger partial charge on any atom is -0.264 e. The molecule has 1 N–H and O–H groups in total. The van der Waals surface area contributed by atoms with Crippen LogP contribution in [0.25, 0.3) is 0 Å². The summed E-state index contributed by atoms with van der Waals surface area (Å²) in [7, 11) is -3.63. The Labute approximate surface area is 156 Å². The third-order valence-corrected chi connectivity index (χ3v) is 9.21. The van der Waals surface area contributed by atoms with Gasteiger partial charge in [-0.25, -0.2) is 8.42 Å². The first kappa shape index (κ1) is 16.1. The van der Waals surface area contributed by atoms with Crippen molar-refractivity contribution in [1.82, 2.24) is 9.78 Å². The SMILES string of the molecule is O=S(=O)(Nc1ccn(C23CC4CC(CC(C4)C2)C3)n1)c1ccc(Cl)s1. The molecule has 0 radical (unpaired) electrons. The van der Waals surface area contributed by atoms with E-state index in [9.17, 15) is 8.42 Å². The zero-order valence-electron chi connectivity index (χ0n) is 13.7. The predicted molar refractivity (Wildman–Crippen MR) is 98.5 cm³/mol. The third kappa shape index (κ3) is 2.71. The molecule has 0 atom stereocenters. The van der Waals surface area contributed by atoms with Gasteiger partial charge in [0, 0.05) is 12.3 Å². The second-order valence-electron chi connectivity index (χ2n) is 7.95. The maximum absolute atomic E-state index is 12.5.